The number of H-pyrrole nitrogens is 1. The molecule has 3 N–H and O–H groups in total. The first kappa shape index (κ1) is 21.2. The van der Waals surface area contributed by atoms with E-state index in [1.165, 1.54) is 52.0 Å². The number of ether oxygens (including phenoxy) is 1. The number of benzene rings is 1. The largest absolute Gasteiger partial charge is 0.486 e. The van der Waals surface area contributed by atoms with E-state index in [9.17, 15) is 9.18 Å². The van der Waals surface area contributed by atoms with Crippen molar-refractivity contribution in [2.45, 2.75) is 23.9 Å². The number of nitrogens with one attached hydrogen (secondary N) is 1. The van der Waals surface area contributed by atoms with Crippen LogP contribution in [0.25, 0.3) is 21.5 Å². The molecular weight excluding hydrogens is 467 g/mol. The molecule has 0 aliphatic heterocycles. The maximum atomic E-state index is 13.0. The van der Waals surface area contributed by atoms with Gasteiger partial charge in [0.1, 0.15) is 34.6 Å². The van der Waals surface area contributed by atoms with E-state index < -0.39 is 0 Å². The molecule has 0 bridgehead atoms. The van der Waals surface area contributed by atoms with Crippen LogP contribution in [0.5, 0.6) is 5.75 Å². The van der Waals surface area contributed by atoms with E-state index in [2.05, 4.69) is 20.2 Å². The molecule has 168 valence electrons. The number of thioether (sulfide) groups is 1. The van der Waals surface area contributed by atoms with Gasteiger partial charge in [0.25, 0.3) is 5.56 Å². The zero-order valence-electron chi connectivity index (χ0n) is 17.2. The van der Waals surface area contributed by atoms with Crippen molar-refractivity contribution >= 4 is 33.3 Å². The van der Waals surface area contributed by atoms with Gasteiger partial charge in [0.2, 0.25) is 5.16 Å². The van der Waals surface area contributed by atoms with Crippen LogP contribution in [-0.2, 0) is 6.61 Å². The molecule has 33 heavy (non-hydrogen) atoms. The van der Waals surface area contributed by atoms with Gasteiger partial charge >= 0.3 is 0 Å². The van der Waals surface area contributed by atoms with Gasteiger partial charge in [-0.2, -0.15) is 0 Å². The highest BCUT2D eigenvalue weighted by Crippen LogP contribution is 2.34. The molecule has 5 aromatic rings. The molecule has 1 atom stereocenters. The molecule has 0 amide bonds. The smallest absolute Gasteiger partial charge is 0.260 e. The van der Waals surface area contributed by atoms with E-state index in [-0.39, 0.29) is 23.2 Å². The summed E-state index contributed by atoms with van der Waals surface area (Å²) in [4.78, 5) is 20.9. The Morgan fingerprint density at radius 3 is 2.88 bits per heavy atom. The topological polar surface area (TPSA) is 125 Å². The fourth-order valence-corrected chi connectivity index (χ4v) is 4.93. The highest BCUT2D eigenvalue weighted by molar-refractivity contribution is 7.99. The highest BCUT2D eigenvalue weighted by atomic mass is 32.2. The minimum absolute atomic E-state index is 0.0653. The van der Waals surface area contributed by atoms with E-state index >= 15 is 0 Å². The van der Waals surface area contributed by atoms with Crippen molar-refractivity contribution in [3.8, 4) is 17.1 Å². The first-order valence-electron chi connectivity index (χ1n) is 9.79. The lowest BCUT2D eigenvalue weighted by Crippen LogP contribution is -2.17. The standard InChI is InChI=1S/C21H17FN6O3S2/c1-11(18-24-19(29)17-14(10-32-20(17)25-18)15-3-2-8-30-15)33-21-27-26-16(28(21)23)9-31-13-6-4-12(22)5-7-13/h2-8,10-11H,9,23H2,1H3,(H,24,25,29). The zero-order chi connectivity index (χ0) is 22.9. The normalized spacial score (nSPS) is 12.3. The van der Waals surface area contributed by atoms with Gasteiger partial charge in [-0.25, -0.2) is 14.1 Å². The number of aromatic nitrogens is 5. The number of nitrogen functional groups attached to an aromatic ring is 1. The monoisotopic (exact) mass is 484 g/mol. The number of rotatable bonds is 7. The SMILES string of the molecule is CC(Sc1nnc(COc2ccc(F)cc2)n1N)c1nc2scc(-c3ccco3)c2c(=O)[nH]1. The molecule has 0 spiro atoms. The molecule has 1 unspecified atom stereocenters. The second-order valence-electron chi connectivity index (χ2n) is 7.03. The fraction of sp³-hybridized carbons (Fsp3) is 0.143. The van der Waals surface area contributed by atoms with Crippen LogP contribution in [0, 0.1) is 5.82 Å². The Morgan fingerprint density at radius 2 is 2.12 bits per heavy atom. The van der Waals surface area contributed by atoms with Crippen molar-refractivity contribution in [1.29, 1.82) is 0 Å². The van der Waals surface area contributed by atoms with Crippen LogP contribution in [0.3, 0.4) is 0 Å². The summed E-state index contributed by atoms with van der Waals surface area (Å²) in [5.41, 5.74) is 0.478. The van der Waals surface area contributed by atoms with Crippen LogP contribution in [0.15, 0.2) is 62.4 Å². The van der Waals surface area contributed by atoms with Gasteiger partial charge < -0.3 is 20.0 Å². The average Bonchev–Trinajstić information content (AvgIpc) is 3.55. The van der Waals surface area contributed by atoms with Crippen LogP contribution in [0.2, 0.25) is 0 Å². The van der Waals surface area contributed by atoms with E-state index in [0.29, 0.717) is 44.1 Å². The predicted octanol–water partition coefficient (Wildman–Crippen LogP) is 4.12. The molecule has 0 aliphatic carbocycles. The summed E-state index contributed by atoms with van der Waals surface area (Å²) in [6.07, 6.45) is 1.56. The van der Waals surface area contributed by atoms with Crippen LogP contribution in [0.4, 0.5) is 4.39 Å². The Hall–Kier alpha value is -3.64. The van der Waals surface area contributed by atoms with Gasteiger partial charge in [-0.15, -0.1) is 21.5 Å². The molecule has 0 radical (unpaired) electrons. The minimum Gasteiger partial charge on any atom is -0.486 e. The lowest BCUT2D eigenvalue weighted by Gasteiger charge is -2.10. The third-order valence-corrected chi connectivity index (χ3v) is 6.77. The summed E-state index contributed by atoms with van der Waals surface area (Å²) >= 11 is 2.68. The minimum atomic E-state index is -0.346. The quantitative estimate of drug-likeness (QED) is 0.261. The molecule has 1 aromatic carbocycles. The lowest BCUT2D eigenvalue weighted by atomic mass is 10.2. The van der Waals surface area contributed by atoms with Crippen molar-refractivity contribution in [2.24, 2.45) is 0 Å². The zero-order valence-corrected chi connectivity index (χ0v) is 18.8. The van der Waals surface area contributed by atoms with Crippen molar-refractivity contribution in [2.75, 3.05) is 5.84 Å². The summed E-state index contributed by atoms with van der Waals surface area (Å²) in [6.45, 7) is 1.95. The number of hydrogen-bond donors (Lipinski definition) is 2. The number of nitrogens with zero attached hydrogens (tertiary/aromatic N) is 4. The van der Waals surface area contributed by atoms with Gasteiger partial charge in [-0.05, 0) is 43.3 Å². The van der Waals surface area contributed by atoms with E-state index in [4.69, 9.17) is 15.0 Å². The van der Waals surface area contributed by atoms with Crippen molar-refractivity contribution < 1.29 is 13.5 Å². The van der Waals surface area contributed by atoms with Gasteiger partial charge in [0.15, 0.2) is 5.82 Å². The van der Waals surface area contributed by atoms with E-state index in [1.54, 1.807) is 18.4 Å². The van der Waals surface area contributed by atoms with E-state index in [0.717, 1.165) is 0 Å². The highest BCUT2D eigenvalue weighted by Gasteiger charge is 2.20. The maximum absolute atomic E-state index is 13.0. The molecule has 0 fully saturated rings. The van der Waals surface area contributed by atoms with Crippen LogP contribution >= 0.6 is 23.1 Å². The van der Waals surface area contributed by atoms with Crippen LogP contribution < -0.4 is 16.1 Å². The van der Waals surface area contributed by atoms with E-state index in [1.807, 2.05) is 12.3 Å². The molecule has 0 saturated heterocycles. The third kappa shape index (κ3) is 4.22. The molecule has 0 saturated carbocycles. The van der Waals surface area contributed by atoms with Crippen molar-refractivity contribution in [3.05, 3.63) is 75.9 Å². The number of nitrogens with two attached hydrogens (primary N) is 1. The van der Waals surface area contributed by atoms with Crippen molar-refractivity contribution in [3.63, 3.8) is 0 Å². The molecule has 9 nitrogen and oxygen atoms in total. The van der Waals surface area contributed by atoms with Crippen molar-refractivity contribution in [1.82, 2.24) is 24.8 Å². The average molecular weight is 485 g/mol. The Balaban J connectivity index is 1.33. The molecular formula is C21H17FN6O3S2. The van der Waals surface area contributed by atoms with Crippen LogP contribution in [0.1, 0.15) is 23.8 Å². The number of thiophene rings is 1. The summed E-state index contributed by atoms with van der Waals surface area (Å²) < 4.78 is 25.4. The molecule has 0 aliphatic rings. The molecule has 5 rings (SSSR count). The predicted molar refractivity (Wildman–Crippen MR) is 123 cm³/mol. The lowest BCUT2D eigenvalue weighted by molar-refractivity contribution is 0.291. The van der Waals surface area contributed by atoms with Gasteiger partial charge in [0, 0.05) is 10.9 Å². The first-order chi connectivity index (χ1) is 16.0. The van der Waals surface area contributed by atoms with Gasteiger partial charge in [-0.1, -0.05) is 11.8 Å². The fourth-order valence-electron chi connectivity index (χ4n) is 3.15. The third-order valence-electron chi connectivity index (χ3n) is 4.83. The summed E-state index contributed by atoms with van der Waals surface area (Å²) in [5, 5.41) is 10.7. The number of hydrogen-bond acceptors (Lipinski definition) is 9. The molecule has 12 heteroatoms. The van der Waals surface area contributed by atoms with Gasteiger partial charge in [-0.3, -0.25) is 4.79 Å². The molecule has 4 aromatic heterocycles. The van der Waals surface area contributed by atoms with Crippen LogP contribution in [-0.4, -0.2) is 24.8 Å². The molecule has 4 heterocycles. The number of furan rings is 1. The Morgan fingerprint density at radius 1 is 1.30 bits per heavy atom. The second-order valence-corrected chi connectivity index (χ2v) is 9.20. The maximum Gasteiger partial charge on any atom is 0.260 e. The summed E-state index contributed by atoms with van der Waals surface area (Å²) in [7, 11) is 0. The summed E-state index contributed by atoms with van der Waals surface area (Å²) in [5.74, 6) is 7.78. The Labute approximate surface area is 194 Å². The Bertz CT molecular complexity index is 1460. The summed E-state index contributed by atoms with van der Waals surface area (Å²) in [6, 6.07) is 9.23. The second kappa shape index (κ2) is 8.71. The number of halogens is 1. The first-order valence-corrected chi connectivity index (χ1v) is 11.5. The Kier molecular flexibility index (Phi) is 5.60. The number of aromatic amines is 1. The number of fused-ring (bicyclic) bond motifs is 1. The van der Waals surface area contributed by atoms with Gasteiger partial charge in [0.05, 0.1) is 16.9 Å².